The van der Waals surface area contributed by atoms with Crippen LogP contribution in [-0.4, -0.2) is 17.6 Å². The van der Waals surface area contributed by atoms with Gasteiger partial charge in [0.25, 0.3) is 5.91 Å². The predicted molar refractivity (Wildman–Crippen MR) is 95.6 cm³/mol. The van der Waals surface area contributed by atoms with E-state index in [0.29, 0.717) is 21.9 Å². The number of anilines is 1. The number of hydrogen-bond donors (Lipinski definition) is 2. The van der Waals surface area contributed by atoms with Crippen LogP contribution in [0.3, 0.4) is 0 Å². The Balaban J connectivity index is 1.54. The minimum Gasteiger partial charge on any atom is -0.491 e. The van der Waals surface area contributed by atoms with E-state index in [1.165, 1.54) is 35.6 Å². The van der Waals surface area contributed by atoms with E-state index in [2.05, 4.69) is 5.32 Å². The van der Waals surface area contributed by atoms with Gasteiger partial charge in [0.05, 0.1) is 4.88 Å². The SMILES string of the molecule is O=C(Nc1ccc(OCC(O)c2ccc(F)cc2)cc1)c1cccs1. The third-order valence-corrected chi connectivity index (χ3v) is 4.39. The minimum absolute atomic E-state index is 0.0481. The number of hydrogen-bond acceptors (Lipinski definition) is 4. The summed E-state index contributed by atoms with van der Waals surface area (Å²) in [4.78, 5) is 12.6. The van der Waals surface area contributed by atoms with Crippen LogP contribution in [0, 0.1) is 5.82 Å². The zero-order valence-corrected chi connectivity index (χ0v) is 14.0. The molecule has 0 fully saturated rings. The van der Waals surface area contributed by atoms with Crippen molar-refractivity contribution in [2.24, 2.45) is 0 Å². The highest BCUT2D eigenvalue weighted by molar-refractivity contribution is 7.12. The fraction of sp³-hybridized carbons (Fsp3) is 0.105. The van der Waals surface area contributed by atoms with Crippen molar-refractivity contribution in [1.29, 1.82) is 0 Å². The molecule has 1 aromatic heterocycles. The van der Waals surface area contributed by atoms with Crippen LogP contribution in [0.5, 0.6) is 5.75 Å². The zero-order valence-electron chi connectivity index (χ0n) is 13.2. The van der Waals surface area contributed by atoms with E-state index in [1.807, 2.05) is 11.4 Å². The van der Waals surface area contributed by atoms with Crippen LogP contribution in [0.1, 0.15) is 21.3 Å². The Morgan fingerprint density at radius 1 is 1.12 bits per heavy atom. The fourth-order valence-electron chi connectivity index (χ4n) is 2.19. The van der Waals surface area contributed by atoms with E-state index in [0.717, 1.165) is 0 Å². The molecule has 1 amide bonds. The first-order valence-electron chi connectivity index (χ1n) is 7.63. The first kappa shape index (κ1) is 17.1. The Bertz CT molecular complexity index is 817. The lowest BCUT2D eigenvalue weighted by Crippen LogP contribution is -2.11. The number of benzene rings is 2. The normalized spacial score (nSPS) is 11.8. The first-order valence-corrected chi connectivity index (χ1v) is 8.51. The first-order chi connectivity index (χ1) is 12.1. The van der Waals surface area contributed by atoms with Gasteiger partial charge in [0, 0.05) is 5.69 Å². The van der Waals surface area contributed by atoms with Crippen molar-refractivity contribution in [1.82, 2.24) is 0 Å². The van der Waals surface area contributed by atoms with Crippen LogP contribution in [0.2, 0.25) is 0 Å². The van der Waals surface area contributed by atoms with Gasteiger partial charge in [0.1, 0.15) is 24.3 Å². The number of carbonyl (C=O) groups excluding carboxylic acids is 1. The molecule has 0 spiro atoms. The van der Waals surface area contributed by atoms with Gasteiger partial charge in [0.15, 0.2) is 0 Å². The van der Waals surface area contributed by atoms with Gasteiger partial charge in [-0.25, -0.2) is 4.39 Å². The molecule has 1 unspecified atom stereocenters. The second-order valence-electron chi connectivity index (χ2n) is 5.33. The van der Waals surface area contributed by atoms with Crippen molar-refractivity contribution in [3.8, 4) is 5.75 Å². The minimum atomic E-state index is -0.848. The number of halogens is 1. The van der Waals surface area contributed by atoms with Crippen molar-refractivity contribution in [3.63, 3.8) is 0 Å². The maximum atomic E-state index is 12.9. The molecule has 2 N–H and O–H groups in total. The Hall–Kier alpha value is -2.70. The molecule has 4 nitrogen and oxygen atoms in total. The van der Waals surface area contributed by atoms with Crippen LogP contribution in [-0.2, 0) is 0 Å². The number of nitrogens with one attached hydrogen (secondary N) is 1. The number of carbonyl (C=O) groups is 1. The number of thiophene rings is 1. The van der Waals surface area contributed by atoms with E-state index in [1.54, 1.807) is 30.3 Å². The molecule has 0 bridgehead atoms. The summed E-state index contributed by atoms with van der Waals surface area (Å²) in [7, 11) is 0. The van der Waals surface area contributed by atoms with E-state index >= 15 is 0 Å². The average molecular weight is 357 g/mol. The molecule has 0 aliphatic heterocycles. The van der Waals surface area contributed by atoms with Gasteiger partial charge in [-0.3, -0.25) is 4.79 Å². The summed E-state index contributed by atoms with van der Waals surface area (Å²) in [6.07, 6.45) is -0.848. The summed E-state index contributed by atoms with van der Waals surface area (Å²) < 4.78 is 18.4. The van der Waals surface area contributed by atoms with Crippen LogP contribution in [0.15, 0.2) is 66.0 Å². The van der Waals surface area contributed by atoms with Crippen LogP contribution < -0.4 is 10.1 Å². The van der Waals surface area contributed by atoms with Crippen LogP contribution in [0.4, 0.5) is 10.1 Å². The fourth-order valence-corrected chi connectivity index (χ4v) is 2.81. The highest BCUT2D eigenvalue weighted by Crippen LogP contribution is 2.20. The standard InChI is InChI=1S/C19H16FNO3S/c20-14-5-3-13(4-6-14)17(22)12-24-16-9-7-15(8-10-16)21-19(23)18-2-1-11-25-18/h1-11,17,22H,12H2,(H,21,23). The van der Waals surface area contributed by atoms with Gasteiger partial charge in [-0.2, -0.15) is 0 Å². The van der Waals surface area contributed by atoms with Crippen molar-refractivity contribution in [2.75, 3.05) is 11.9 Å². The third kappa shape index (κ3) is 4.65. The summed E-state index contributed by atoms with van der Waals surface area (Å²) in [6, 6.07) is 16.1. The predicted octanol–water partition coefficient (Wildman–Crippen LogP) is 4.25. The van der Waals surface area contributed by atoms with Gasteiger partial charge >= 0.3 is 0 Å². The molecule has 0 saturated heterocycles. The molecule has 1 heterocycles. The summed E-state index contributed by atoms with van der Waals surface area (Å²) in [5.74, 6) is 0.0581. The van der Waals surface area contributed by atoms with Crippen molar-refractivity contribution in [2.45, 2.75) is 6.10 Å². The van der Waals surface area contributed by atoms with Gasteiger partial charge in [-0.15, -0.1) is 11.3 Å². The maximum absolute atomic E-state index is 12.9. The summed E-state index contributed by atoms with van der Waals surface area (Å²) in [5, 5.41) is 14.7. The van der Waals surface area contributed by atoms with E-state index in [-0.39, 0.29) is 18.3 Å². The topological polar surface area (TPSA) is 58.6 Å². The molecule has 0 radical (unpaired) electrons. The third-order valence-electron chi connectivity index (χ3n) is 3.52. The molecule has 2 aromatic carbocycles. The Morgan fingerprint density at radius 2 is 1.84 bits per heavy atom. The number of ether oxygens (including phenoxy) is 1. The average Bonchev–Trinajstić information content (AvgIpc) is 3.16. The molecular weight excluding hydrogens is 341 g/mol. The lowest BCUT2D eigenvalue weighted by atomic mass is 10.1. The molecule has 0 aliphatic carbocycles. The molecule has 128 valence electrons. The van der Waals surface area contributed by atoms with Crippen molar-refractivity contribution >= 4 is 22.9 Å². The monoisotopic (exact) mass is 357 g/mol. The molecule has 6 heteroatoms. The van der Waals surface area contributed by atoms with E-state index < -0.39 is 6.10 Å². The maximum Gasteiger partial charge on any atom is 0.265 e. The Morgan fingerprint density at radius 3 is 2.48 bits per heavy atom. The number of aliphatic hydroxyl groups excluding tert-OH is 1. The van der Waals surface area contributed by atoms with Crippen molar-refractivity contribution < 1.29 is 19.0 Å². The second-order valence-corrected chi connectivity index (χ2v) is 6.28. The smallest absolute Gasteiger partial charge is 0.265 e. The largest absolute Gasteiger partial charge is 0.491 e. The quantitative estimate of drug-likeness (QED) is 0.693. The molecule has 3 rings (SSSR count). The molecule has 0 saturated carbocycles. The zero-order chi connectivity index (χ0) is 17.6. The lowest BCUT2D eigenvalue weighted by molar-refractivity contribution is 0.103. The van der Waals surface area contributed by atoms with E-state index in [4.69, 9.17) is 4.74 Å². The molecule has 25 heavy (non-hydrogen) atoms. The summed E-state index contributed by atoms with van der Waals surface area (Å²) in [6.45, 7) is 0.0481. The Labute approximate surface area is 148 Å². The van der Waals surface area contributed by atoms with Gasteiger partial charge in [0.2, 0.25) is 0 Å². The van der Waals surface area contributed by atoms with Crippen LogP contribution >= 0.6 is 11.3 Å². The van der Waals surface area contributed by atoms with Gasteiger partial charge in [-0.05, 0) is 53.4 Å². The van der Waals surface area contributed by atoms with Crippen LogP contribution in [0.25, 0.3) is 0 Å². The highest BCUT2D eigenvalue weighted by Gasteiger charge is 2.09. The summed E-state index contributed by atoms with van der Waals surface area (Å²) >= 11 is 1.38. The van der Waals surface area contributed by atoms with Gasteiger partial charge < -0.3 is 15.2 Å². The molecule has 1 atom stereocenters. The van der Waals surface area contributed by atoms with Gasteiger partial charge in [-0.1, -0.05) is 18.2 Å². The van der Waals surface area contributed by atoms with Crippen molar-refractivity contribution in [3.05, 3.63) is 82.3 Å². The highest BCUT2D eigenvalue weighted by atomic mass is 32.1. The second kappa shape index (κ2) is 7.92. The lowest BCUT2D eigenvalue weighted by Gasteiger charge is -2.13. The number of amides is 1. The van der Waals surface area contributed by atoms with E-state index in [9.17, 15) is 14.3 Å². The number of aliphatic hydroxyl groups is 1. The number of rotatable bonds is 6. The molecule has 0 aliphatic rings. The molecular formula is C19H16FNO3S. The summed E-state index contributed by atoms with van der Waals surface area (Å²) in [5.41, 5.74) is 1.24. The molecule has 3 aromatic rings. The Kier molecular flexibility index (Phi) is 5.42.